The number of benzene rings is 1. The predicted octanol–water partition coefficient (Wildman–Crippen LogP) is 4.90. The van der Waals surface area contributed by atoms with Crippen molar-refractivity contribution in [3.05, 3.63) is 36.4 Å². The van der Waals surface area contributed by atoms with Crippen LogP contribution in [0.4, 0.5) is 23.7 Å². The molecular weight excluding hydrogens is 313 g/mol. The highest BCUT2D eigenvalue weighted by Gasteiger charge is 2.31. The third kappa shape index (κ3) is 6.01. The largest absolute Gasteiger partial charge is 0.416 e. The lowest BCUT2D eigenvalue weighted by Gasteiger charge is -2.22. The fourth-order valence-electron chi connectivity index (χ4n) is 1.57. The van der Waals surface area contributed by atoms with Gasteiger partial charge in [0, 0.05) is 16.2 Å². The van der Waals surface area contributed by atoms with Crippen molar-refractivity contribution in [2.45, 2.75) is 37.4 Å². The molecule has 0 unspecified atom stereocenters. The number of rotatable bonds is 4. The summed E-state index contributed by atoms with van der Waals surface area (Å²) in [5, 5.41) is 5.13. The number of nitrogens with one attached hydrogen (secondary N) is 2. The SMILES string of the molecule is C=CCSc1ccc(C(F)(F)F)cc1NC(=O)NC(C)(C)C. The third-order valence-corrected chi connectivity index (χ3v) is 3.47. The second kappa shape index (κ2) is 7.09. The molecule has 1 rings (SSSR count). The number of carbonyl (C=O) groups is 1. The van der Waals surface area contributed by atoms with Crippen LogP contribution >= 0.6 is 11.8 Å². The molecule has 0 aliphatic carbocycles. The third-order valence-electron chi connectivity index (χ3n) is 2.40. The summed E-state index contributed by atoms with van der Waals surface area (Å²) >= 11 is 1.30. The van der Waals surface area contributed by atoms with Crippen molar-refractivity contribution in [2.24, 2.45) is 0 Å². The van der Waals surface area contributed by atoms with Crippen LogP contribution < -0.4 is 10.6 Å². The topological polar surface area (TPSA) is 41.1 Å². The van der Waals surface area contributed by atoms with Gasteiger partial charge in [0.05, 0.1) is 11.3 Å². The molecule has 0 spiro atoms. The number of urea groups is 1. The van der Waals surface area contributed by atoms with E-state index in [2.05, 4.69) is 17.2 Å². The molecule has 0 heterocycles. The minimum atomic E-state index is -4.46. The summed E-state index contributed by atoms with van der Waals surface area (Å²) in [6.07, 6.45) is -2.82. The number of anilines is 1. The van der Waals surface area contributed by atoms with Gasteiger partial charge < -0.3 is 10.6 Å². The minimum Gasteiger partial charge on any atom is -0.333 e. The van der Waals surface area contributed by atoms with Crippen molar-refractivity contribution < 1.29 is 18.0 Å². The molecular formula is C15H19F3N2OS. The fraction of sp³-hybridized carbons (Fsp3) is 0.400. The van der Waals surface area contributed by atoms with Crippen LogP contribution in [-0.4, -0.2) is 17.3 Å². The normalized spacial score (nSPS) is 11.9. The molecule has 2 N–H and O–H groups in total. The van der Waals surface area contributed by atoms with Gasteiger partial charge in [-0.15, -0.1) is 18.3 Å². The van der Waals surface area contributed by atoms with Gasteiger partial charge in [0.25, 0.3) is 0 Å². The van der Waals surface area contributed by atoms with E-state index >= 15 is 0 Å². The average molecular weight is 332 g/mol. The molecule has 2 amide bonds. The summed E-state index contributed by atoms with van der Waals surface area (Å²) in [6.45, 7) is 8.92. The molecule has 122 valence electrons. The molecule has 0 aliphatic heterocycles. The summed E-state index contributed by atoms with van der Waals surface area (Å²) in [7, 11) is 0. The first-order chi connectivity index (χ1) is 10.0. The van der Waals surface area contributed by atoms with Crippen molar-refractivity contribution in [1.82, 2.24) is 5.32 Å². The Morgan fingerprint density at radius 2 is 1.95 bits per heavy atom. The van der Waals surface area contributed by atoms with Gasteiger partial charge >= 0.3 is 12.2 Å². The molecule has 1 aromatic carbocycles. The molecule has 0 fully saturated rings. The highest BCUT2D eigenvalue weighted by molar-refractivity contribution is 7.99. The van der Waals surface area contributed by atoms with Crippen molar-refractivity contribution in [1.29, 1.82) is 0 Å². The van der Waals surface area contributed by atoms with Gasteiger partial charge in [0.2, 0.25) is 0 Å². The van der Waals surface area contributed by atoms with Crippen LogP contribution in [0.25, 0.3) is 0 Å². The van der Waals surface area contributed by atoms with Gasteiger partial charge in [0.1, 0.15) is 0 Å². The Kier molecular flexibility index (Phi) is 5.93. The van der Waals surface area contributed by atoms with Crippen LogP contribution in [0.15, 0.2) is 35.7 Å². The Bertz CT molecular complexity index is 551. The minimum absolute atomic E-state index is 0.128. The van der Waals surface area contributed by atoms with Gasteiger partial charge in [-0.05, 0) is 39.0 Å². The number of carbonyl (C=O) groups excluding carboxylic acids is 1. The zero-order valence-corrected chi connectivity index (χ0v) is 13.5. The van der Waals surface area contributed by atoms with E-state index in [9.17, 15) is 18.0 Å². The number of thioether (sulfide) groups is 1. The van der Waals surface area contributed by atoms with Gasteiger partial charge in [0.15, 0.2) is 0 Å². The molecule has 7 heteroatoms. The Morgan fingerprint density at radius 3 is 2.45 bits per heavy atom. The summed E-state index contributed by atoms with van der Waals surface area (Å²) in [5.41, 5.74) is -1.16. The number of hydrogen-bond donors (Lipinski definition) is 2. The molecule has 0 radical (unpaired) electrons. The van der Waals surface area contributed by atoms with Crippen molar-refractivity contribution >= 4 is 23.5 Å². The zero-order chi connectivity index (χ0) is 17.0. The lowest BCUT2D eigenvalue weighted by Crippen LogP contribution is -2.43. The molecule has 0 atom stereocenters. The second-order valence-electron chi connectivity index (χ2n) is 5.64. The number of halogens is 3. The summed E-state index contributed by atoms with van der Waals surface area (Å²) in [6, 6.07) is 2.74. The van der Waals surface area contributed by atoms with E-state index in [4.69, 9.17) is 0 Å². The zero-order valence-electron chi connectivity index (χ0n) is 12.7. The second-order valence-corrected chi connectivity index (χ2v) is 6.70. The molecule has 0 saturated heterocycles. The number of alkyl halides is 3. The first-order valence-electron chi connectivity index (χ1n) is 6.57. The van der Waals surface area contributed by atoms with E-state index < -0.39 is 23.3 Å². The summed E-state index contributed by atoms with van der Waals surface area (Å²) in [5.74, 6) is 0.529. The van der Waals surface area contributed by atoms with E-state index in [-0.39, 0.29) is 5.69 Å². The Balaban J connectivity index is 3.05. The fourth-order valence-corrected chi connectivity index (χ4v) is 2.30. The lowest BCUT2D eigenvalue weighted by molar-refractivity contribution is -0.137. The Labute approximate surface area is 132 Å². The van der Waals surface area contributed by atoms with Gasteiger partial charge in [-0.3, -0.25) is 0 Å². The van der Waals surface area contributed by atoms with Crippen LogP contribution in [0.5, 0.6) is 0 Å². The molecule has 1 aromatic rings. The van der Waals surface area contributed by atoms with Crippen molar-refractivity contribution in [2.75, 3.05) is 11.1 Å². The highest BCUT2D eigenvalue weighted by Crippen LogP contribution is 2.35. The van der Waals surface area contributed by atoms with Crippen LogP contribution in [0, 0.1) is 0 Å². The van der Waals surface area contributed by atoms with Crippen LogP contribution in [0.1, 0.15) is 26.3 Å². The van der Waals surface area contributed by atoms with Crippen molar-refractivity contribution in [3.63, 3.8) is 0 Å². The standard InChI is InChI=1S/C15H19F3N2OS/c1-5-8-22-12-7-6-10(15(16,17)18)9-11(12)19-13(21)20-14(2,3)4/h5-7,9H,1,8H2,2-4H3,(H2,19,20,21). The first kappa shape index (κ1) is 18.4. The maximum absolute atomic E-state index is 12.8. The van der Waals surface area contributed by atoms with E-state index in [0.29, 0.717) is 10.6 Å². The van der Waals surface area contributed by atoms with E-state index in [1.807, 2.05) is 0 Å². The van der Waals surface area contributed by atoms with E-state index in [1.165, 1.54) is 17.8 Å². The molecule has 0 aromatic heterocycles. The maximum atomic E-state index is 12.8. The highest BCUT2D eigenvalue weighted by atomic mass is 32.2. The smallest absolute Gasteiger partial charge is 0.333 e. The van der Waals surface area contributed by atoms with Crippen molar-refractivity contribution in [3.8, 4) is 0 Å². The monoisotopic (exact) mass is 332 g/mol. The van der Waals surface area contributed by atoms with E-state index in [0.717, 1.165) is 12.1 Å². The molecule has 22 heavy (non-hydrogen) atoms. The number of hydrogen-bond acceptors (Lipinski definition) is 2. The predicted molar refractivity (Wildman–Crippen MR) is 84.3 cm³/mol. The Morgan fingerprint density at radius 1 is 1.32 bits per heavy atom. The molecule has 0 bridgehead atoms. The number of amides is 2. The molecule has 0 aliphatic rings. The quantitative estimate of drug-likeness (QED) is 0.608. The maximum Gasteiger partial charge on any atom is 0.416 e. The average Bonchev–Trinajstić information content (AvgIpc) is 2.33. The van der Waals surface area contributed by atoms with Gasteiger partial charge in [-0.25, -0.2) is 4.79 Å². The van der Waals surface area contributed by atoms with Crippen LogP contribution in [-0.2, 0) is 6.18 Å². The van der Waals surface area contributed by atoms with Gasteiger partial charge in [-0.1, -0.05) is 6.08 Å². The van der Waals surface area contributed by atoms with Gasteiger partial charge in [-0.2, -0.15) is 13.2 Å². The summed E-state index contributed by atoms with van der Waals surface area (Å²) in [4.78, 5) is 12.4. The lowest BCUT2D eigenvalue weighted by atomic mass is 10.1. The van der Waals surface area contributed by atoms with Crippen LogP contribution in [0.2, 0.25) is 0 Å². The molecule has 0 saturated carbocycles. The van der Waals surface area contributed by atoms with Crippen LogP contribution in [0.3, 0.4) is 0 Å². The molecule has 3 nitrogen and oxygen atoms in total. The first-order valence-corrected chi connectivity index (χ1v) is 7.55. The van der Waals surface area contributed by atoms with E-state index in [1.54, 1.807) is 26.8 Å². The summed E-state index contributed by atoms with van der Waals surface area (Å²) < 4.78 is 38.4. The Hall–Kier alpha value is -1.63.